The van der Waals surface area contributed by atoms with E-state index in [1.54, 1.807) is 0 Å². The number of nitrogens with two attached hydrogens (primary N) is 1. The van der Waals surface area contributed by atoms with Gasteiger partial charge in [0.1, 0.15) is 11.9 Å². The molecule has 1 aliphatic rings. The summed E-state index contributed by atoms with van der Waals surface area (Å²) in [5.74, 6) is 2.79. The molecule has 0 saturated heterocycles. The molecule has 2 aromatic heterocycles. The molecule has 9 heteroatoms. The van der Waals surface area contributed by atoms with Crippen molar-refractivity contribution in [2.24, 2.45) is 11.7 Å². The van der Waals surface area contributed by atoms with Gasteiger partial charge in [-0.15, -0.1) is 0 Å². The molecule has 4 rings (SSSR count). The molecule has 4 nitrogen and oxygen atoms in total. The van der Waals surface area contributed by atoms with Gasteiger partial charge < -0.3 is 16.0 Å². The van der Waals surface area contributed by atoms with Gasteiger partial charge in [0.05, 0.1) is 10.9 Å². The summed E-state index contributed by atoms with van der Waals surface area (Å²) in [5.41, 5.74) is 8.90. The number of halogens is 4. The number of H-pyrrole nitrogens is 1. The van der Waals surface area contributed by atoms with E-state index in [9.17, 15) is 13.2 Å². The van der Waals surface area contributed by atoms with Gasteiger partial charge in [0.25, 0.3) is 0 Å². The molecule has 1 unspecified atom stereocenters. The van der Waals surface area contributed by atoms with Crippen molar-refractivity contribution in [3.05, 3.63) is 42.1 Å². The summed E-state index contributed by atoms with van der Waals surface area (Å²) in [6.45, 7) is 3.76. The predicted octanol–water partition coefficient (Wildman–Crippen LogP) is 5.79. The average Bonchev–Trinajstić information content (AvgIpc) is 3.42. The van der Waals surface area contributed by atoms with Crippen molar-refractivity contribution in [1.82, 2.24) is 9.97 Å². The summed E-state index contributed by atoms with van der Waals surface area (Å²) in [6, 6.07) is 3.92. The van der Waals surface area contributed by atoms with Crippen molar-refractivity contribution in [2.45, 2.75) is 25.1 Å². The third kappa shape index (κ3) is 4.00. The van der Waals surface area contributed by atoms with Crippen LogP contribution < -0.4 is 11.1 Å². The Labute approximate surface area is 181 Å². The van der Waals surface area contributed by atoms with E-state index in [-0.39, 0.29) is 11.5 Å². The Kier molecular flexibility index (Phi) is 5.33. The first-order valence-electron chi connectivity index (χ1n) is 8.80. The molecule has 3 aromatic rings. The molecule has 0 spiro atoms. The van der Waals surface area contributed by atoms with Crippen LogP contribution >= 0.6 is 30.1 Å². The monoisotopic (exact) mass is 528 g/mol. The van der Waals surface area contributed by atoms with Crippen LogP contribution in [0.1, 0.15) is 24.0 Å². The van der Waals surface area contributed by atoms with Crippen molar-refractivity contribution in [3.8, 4) is 11.2 Å². The van der Waals surface area contributed by atoms with Gasteiger partial charge in [0.2, 0.25) is 0 Å². The number of nitrogens with one attached hydrogen (secondary N) is 2. The Balaban J connectivity index is 1.90. The van der Waals surface area contributed by atoms with E-state index in [1.807, 2.05) is 18.2 Å². The maximum atomic E-state index is 13.6. The minimum Gasteiger partial charge on any atom is -0.399 e. The molecule has 1 aromatic carbocycles. The highest BCUT2D eigenvalue weighted by Crippen LogP contribution is 2.43. The summed E-state index contributed by atoms with van der Waals surface area (Å²) < 4.78 is 40.7. The lowest BCUT2D eigenvalue weighted by Gasteiger charge is -2.22. The third-order valence-electron chi connectivity index (χ3n) is 4.95. The van der Waals surface area contributed by atoms with Gasteiger partial charge in [-0.3, -0.25) is 0 Å². The number of benzene rings is 1. The number of rotatable bonds is 4. The van der Waals surface area contributed by atoms with Gasteiger partial charge in [0, 0.05) is 55.1 Å². The van der Waals surface area contributed by atoms with E-state index < -0.39 is 18.1 Å². The molecule has 0 radical (unpaired) electrons. The van der Waals surface area contributed by atoms with Crippen molar-refractivity contribution < 1.29 is 13.2 Å². The van der Waals surface area contributed by atoms with Gasteiger partial charge in [0.15, 0.2) is 0 Å². The quantitative estimate of drug-likeness (QED) is 0.296. The molecule has 1 aliphatic carbocycles. The minimum atomic E-state index is -4.35. The fourth-order valence-electron chi connectivity index (χ4n) is 3.46. The molecule has 2 heterocycles. The molecule has 0 bridgehead atoms. The largest absolute Gasteiger partial charge is 0.408 e. The highest BCUT2D eigenvalue weighted by atomic mass is 127. The SMILES string of the molecule is C=C(N)c1cnc(NC(C2CC2)C(F)(F)F)c2c1[nH]c1cc(C#CSI)ccc12. The molecule has 0 aliphatic heterocycles. The van der Waals surface area contributed by atoms with E-state index in [1.165, 1.54) is 15.1 Å². The van der Waals surface area contributed by atoms with E-state index in [0.29, 0.717) is 29.3 Å². The highest BCUT2D eigenvalue weighted by Gasteiger charge is 2.49. The third-order valence-corrected chi connectivity index (χ3v) is 5.79. The maximum Gasteiger partial charge on any atom is 0.408 e. The first kappa shape index (κ1) is 20.2. The molecule has 150 valence electrons. The van der Waals surface area contributed by atoms with E-state index in [4.69, 9.17) is 5.73 Å². The van der Waals surface area contributed by atoms with Crippen LogP contribution in [-0.2, 0) is 0 Å². The van der Waals surface area contributed by atoms with E-state index >= 15 is 0 Å². The van der Waals surface area contributed by atoms with Crippen molar-refractivity contribution in [1.29, 1.82) is 0 Å². The normalized spacial score (nSPS) is 15.2. The molecular formula is C20H16F3IN4S. The van der Waals surface area contributed by atoms with Gasteiger partial charge in [-0.2, -0.15) is 13.2 Å². The smallest absolute Gasteiger partial charge is 0.399 e. The number of anilines is 1. The topological polar surface area (TPSA) is 66.7 Å². The molecule has 0 amide bonds. The number of nitrogens with zero attached hydrogens (tertiary/aromatic N) is 1. The lowest BCUT2D eigenvalue weighted by atomic mass is 10.1. The van der Waals surface area contributed by atoms with Crippen LogP contribution in [0.5, 0.6) is 0 Å². The van der Waals surface area contributed by atoms with Crippen molar-refractivity contribution in [3.63, 3.8) is 0 Å². The summed E-state index contributed by atoms with van der Waals surface area (Å²) in [4.78, 5) is 7.55. The lowest BCUT2D eigenvalue weighted by molar-refractivity contribution is -0.146. The second kappa shape index (κ2) is 7.65. The van der Waals surface area contributed by atoms with Crippen LogP contribution in [-0.4, -0.2) is 22.2 Å². The fourth-order valence-corrected chi connectivity index (χ4v) is 3.94. The average molecular weight is 528 g/mol. The number of fused-ring (bicyclic) bond motifs is 3. The zero-order valence-electron chi connectivity index (χ0n) is 15.0. The lowest BCUT2D eigenvalue weighted by Crippen LogP contribution is -2.38. The van der Waals surface area contributed by atoms with Gasteiger partial charge in [-0.25, -0.2) is 4.98 Å². The van der Waals surface area contributed by atoms with Crippen LogP contribution in [0.2, 0.25) is 0 Å². The maximum absolute atomic E-state index is 13.6. The highest BCUT2D eigenvalue weighted by molar-refractivity contribution is 14.2. The van der Waals surface area contributed by atoms with Crippen LogP contribution in [0.3, 0.4) is 0 Å². The van der Waals surface area contributed by atoms with E-state index in [0.717, 1.165) is 16.5 Å². The second-order valence-electron chi connectivity index (χ2n) is 6.99. The zero-order valence-corrected chi connectivity index (χ0v) is 18.0. The number of hydrogen-bond acceptors (Lipinski definition) is 4. The summed E-state index contributed by atoms with van der Waals surface area (Å²) >= 11 is 2.09. The van der Waals surface area contributed by atoms with Crippen molar-refractivity contribution in [2.75, 3.05) is 5.32 Å². The van der Waals surface area contributed by atoms with Gasteiger partial charge >= 0.3 is 6.18 Å². The molecule has 1 saturated carbocycles. The Morgan fingerprint density at radius 3 is 2.79 bits per heavy atom. The molecule has 29 heavy (non-hydrogen) atoms. The molecule has 1 atom stereocenters. The zero-order chi connectivity index (χ0) is 20.8. The van der Waals surface area contributed by atoms with Crippen LogP contribution in [0.15, 0.2) is 31.0 Å². The molecular weight excluding hydrogens is 512 g/mol. The second-order valence-corrected chi connectivity index (χ2v) is 8.67. The predicted molar refractivity (Wildman–Crippen MR) is 121 cm³/mol. The number of pyridine rings is 1. The standard InChI is InChI=1S/C20H16F3IN4S/c1-10(25)14-9-26-19(28-18(12-3-4-12)20(21,22)23)16-13-5-2-11(6-7-29-24)8-15(13)27-17(14)16/h2,5,8-9,12,18,27H,1,3-4,25H2,(H,26,28). The summed E-state index contributed by atoms with van der Waals surface area (Å²) in [5, 5.41) is 6.90. The minimum absolute atomic E-state index is 0.187. The molecule has 4 N–H and O–H groups in total. The fraction of sp³-hybridized carbons (Fsp3) is 0.250. The first-order valence-corrected chi connectivity index (χ1v) is 12.2. The Morgan fingerprint density at radius 1 is 1.41 bits per heavy atom. The summed E-state index contributed by atoms with van der Waals surface area (Å²) in [7, 11) is 1.38. The Morgan fingerprint density at radius 2 is 2.17 bits per heavy atom. The number of aromatic nitrogens is 2. The van der Waals surface area contributed by atoms with Crippen LogP contribution in [0.4, 0.5) is 19.0 Å². The van der Waals surface area contributed by atoms with Gasteiger partial charge in [-0.1, -0.05) is 18.6 Å². The number of alkyl halides is 3. The molecule has 1 fully saturated rings. The van der Waals surface area contributed by atoms with Crippen LogP contribution in [0.25, 0.3) is 27.5 Å². The first-order chi connectivity index (χ1) is 13.8. The van der Waals surface area contributed by atoms with E-state index in [2.05, 4.69) is 54.2 Å². The number of aromatic amines is 1. The number of hydrogen-bond donors (Lipinski definition) is 3. The Hall–Kier alpha value is -2.06. The summed E-state index contributed by atoms with van der Waals surface area (Å²) in [6.07, 6.45) is -1.78. The van der Waals surface area contributed by atoms with Crippen molar-refractivity contribution >= 4 is 63.5 Å². The van der Waals surface area contributed by atoms with Crippen LogP contribution in [0, 0.1) is 17.1 Å². The Bertz CT molecular complexity index is 1170. The van der Waals surface area contributed by atoms with Gasteiger partial charge in [-0.05, 0) is 45.1 Å².